The zero-order valence-electron chi connectivity index (χ0n) is 10.8. The molecule has 3 rings (SSSR count). The molecule has 19 heavy (non-hydrogen) atoms. The first kappa shape index (κ1) is 12.9. The third kappa shape index (κ3) is 2.14. The van der Waals surface area contributed by atoms with Crippen molar-refractivity contribution in [1.82, 2.24) is 23.7 Å². The molecule has 0 aliphatic carbocycles. The van der Waals surface area contributed by atoms with Crippen LogP contribution in [0.4, 0.5) is 0 Å². The smallest absolute Gasteiger partial charge is 0.169 e. The summed E-state index contributed by atoms with van der Waals surface area (Å²) in [5.74, 6) is 0. The van der Waals surface area contributed by atoms with Crippen LogP contribution in [0.25, 0.3) is 22.4 Å². The van der Waals surface area contributed by atoms with Gasteiger partial charge in [-0.15, -0.1) is 0 Å². The van der Waals surface area contributed by atoms with Crippen LogP contribution in [-0.2, 0) is 7.05 Å². The van der Waals surface area contributed by atoms with Crippen LogP contribution in [0.1, 0.15) is 11.3 Å². The summed E-state index contributed by atoms with van der Waals surface area (Å²) in [4.78, 5) is 9.27. The monoisotopic (exact) mass is 385 g/mol. The molecule has 0 saturated carbocycles. The molecule has 0 spiro atoms. The van der Waals surface area contributed by atoms with Crippen molar-refractivity contribution in [3.63, 3.8) is 0 Å². The van der Waals surface area contributed by atoms with E-state index in [0.29, 0.717) is 0 Å². The van der Waals surface area contributed by atoms with E-state index in [-0.39, 0.29) is 0 Å². The second kappa shape index (κ2) is 4.78. The number of hydrogen-bond acceptors (Lipinski definition) is 4. The zero-order valence-corrected chi connectivity index (χ0v) is 13.7. The molecule has 7 heteroatoms. The van der Waals surface area contributed by atoms with E-state index in [0.717, 1.165) is 33.7 Å². The van der Waals surface area contributed by atoms with Gasteiger partial charge >= 0.3 is 0 Å². The number of aromatic nitrogens is 5. The molecular formula is C12H12IN5S. The quantitative estimate of drug-likeness (QED) is 0.636. The molecule has 5 nitrogen and oxygen atoms in total. The molecule has 0 atom stereocenters. The maximum absolute atomic E-state index is 4.73. The summed E-state index contributed by atoms with van der Waals surface area (Å²) >= 11 is 2.24. The lowest BCUT2D eigenvalue weighted by molar-refractivity contribution is 0.756. The number of rotatable bonds is 2. The van der Waals surface area contributed by atoms with E-state index in [9.17, 15) is 0 Å². The molecule has 0 bridgehead atoms. The topological polar surface area (TPSA) is 48.5 Å². The van der Waals surface area contributed by atoms with Crippen molar-refractivity contribution >= 4 is 41.5 Å². The van der Waals surface area contributed by atoms with Crippen LogP contribution >= 0.6 is 30.3 Å². The largest absolute Gasteiger partial charge is 0.275 e. The standard InChI is InChI=1S/C12H12IN5S/c1-7-5-18(19-13)12-11(7)15-10(4-14-12)9-6-17(3)16-8(9)2/h4-6H,1-3H3. The van der Waals surface area contributed by atoms with Gasteiger partial charge in [0.1, 0.15) is 5.52 Å². The van der Waals surface area contributed by atoms with E-state index < -0.39 is 0 Å². The number of aryl methyl sites for hydroxylation is 3. The SMILES string of the molecule is Cc1nn(C)cc1-c1cnc2c(n1)c(C)cn2SI. The predicted octanol–water partition coefficient (Wildman–Crippen LogP) is 3.29. The van der Waals surface area contributed by atoms with Gasteiger partial charge in [-0.2, -0.15) is 5.10 Å². The molecule has 0 aliphatic rings. The average molecular weight is 385 g/mol. The maximum atomic E-state index is 4.73. The first-order valence-corrected chi connectivity index (χ1v) is 9.06. The van der Waals surface area contributed by atoms with Crippen LogP contribution in [0.3, 0.4) is 0 Å². The van der Waals surface area contributed by atoms with Crippen LogP contribution in [0.5, 0.6) is 0 Å². The minimum Gasteiger partial charge on any atom is -0.275 e. The Balaban J connectivity index is 2.22. The van der Waals surface area contributed by atoms with Gasteiger partial charge in [0.25, 0.3) is 0 Å². The van der Waals surface area contributed by atoms with Crippen molar-refractivity contribution in [2.24, 2.45) is 7.05 Å². The summed E-state index contributed by atoms with van der Waals surface area (Å²) in [5.41, 5.74) is 5.86. The van der Waals surface area contributed by atoms with Gasteiger partial charge in [0.15, 0.2) is 5.65 Å². The first-order chi connectivity index (χ1) is 9.10. The third-order valence-electron chi connectivity index (χ3n) is 3.01. The zero-order chi connectivity index (χ0) is 13.6. The molecule has 0 aliphatic heterocycles. The minimum absolute atomic E-state index is 0.873. The number of nitrogens with zero attached hydrogens (tertiary/aromatic N) is 5. The molecular weight excluding hydrogens is 373 g/mol. The van der Waals surface area contributed by atoms with Gasteiger partial charge in [0.05, 0.1) is 17.6 Å². The van der Waals surface area contributed by atoms with Crippen molar-refractivity contribution in [2.75, 3.05) is 0 Å². The van der Waals surface area contributed by atoms with E-state index in [1.54, 1.807) is 13.8 Å². The summed E-state index contributed by atoms with van der Waals surface area (Å²) in [7, 11) is 3.51. The summed E-state index contributed by atoms with van der Waals surface area (Å²) in [6.07, 6.45) is 5.85. The summed E-state index contributed by atoms with van der Waals surface area (Å²) in [6, 6.07) is 0. The van der Waals surface area contributed by atoms with Crippen LogP contribution in [0, 0.1) is 13.8 Å². The van der Waals surface area contributed by atoms with Crippen molar-refractivity contribution in [2.45, 2.75) is 13.8 Å². The van der Waals surface area contributed by atoms with E-state index in [1.165, 1.54) is 0 Å². The van der Waals surface area contributed by atoms with E-state index >= 15 is 0 Å². The summed E-state index contributed by atoms with van der Waals surface area (Å²) in [6.45, 7) is 4.04. The van der Waals surface area contributed by atoms with Crippen LogP contribution in [0.2, 0.25) is 0 Å². The van der Waals surface area contributed by atoms with Gasteiger partial charge in [-0.05, 0) is 19.4 Å². The van der Waals surface area contributed by atoms with Crippen LogP contribution in [0.15, 0.2) is 18.6 Å². The lowest BCUT2D eigenvalue weighted by Crippen LogP contribution is -1.90. The Morgan fingerprint density at radius 3 is 2.68 bits per heavy atom. The lowest BCUT2D eigenvalue weighted by Gasteiger charge is -2.00. The Bertz CT molecular complexity index is 761. The predicted molar refractivity (Wildman–Crippen MR) is 86.2 cm³/mol. The summed E-state index contributed by atoms with van der Waals surface area (Å²) in [5, 5.41) is 4.35. The first-order valence-electron chi connectivity index (χ1n) is 5.74. The average Bonchev–Trinajstić information content (AvgIpc) is 2.89. The normalized spacial score (nSPS) is 11.4. The summed E-state index contributed by atoms with van der Waals surface area (Å²) < 4.78 is 3.83. The molecule has 0 saturated heterocycles. The number of hydrogen-bond donors (Lipinski definition) is 0. The second-order valence-corrected chi connectivity index (χ2v) is 6.15. The van der Waals surface area contributed by atoms with E-state index in [1.807, 2.05) is 30.3 Å². The van der Waals surface area contributed by atoms with Gasteiger partial charge in [-0.25, -0.2) is 9.97 Å². The van der Waals surface area contributed by atoms with E-state index in [4.69, 9.17) is 4.98 Å². The Morgan fingerprint density at radius 2 is 2.05 bits per heavy atom. The third-order valence-corrected chi connectivity index (χ3v) is 4.71. The highest BCUT2D eigenvalue weighted by molar-refractivity contribution is 14.2. The molecule has 98 valence electrons. The van der Waals surface area contributed by atoms with Gasteiger partial charge in [-0.1, -0.05) is 0 Å². The Kier molecular flexibility index (Phi) is 3.25. The van der Waals surface area contributed by atoms with Gasteiger partial charge in [0.2, 0.25) is 0 Å². The highest BCUT2D eigenvalue weighted by Gasteiger charge is 2.13. The molecule has 3 heterocycles. The Morgan fingerprint density at radius 1 is 1.26 bits per heavy atom. The molecule has 3 aromatic rings. The Hall–Kier alpha value is -1.09. The molecule has 0 amide bonds. The van der Waals surface area contributed by atoms with Crippen LogP contribution in [-0.4, -0.2) is 23.7 Å². The van der Waals surface area contributed by atoms with Gasteiger partial charge < -0.3 is 0 Å². The highest BCUT2D eigenvalue weighted by Crippen LogP contribution is 2.28. The molecule has 3 aromatic heterocycles. The lowest BCUT2D eigenvalue weighted by atomic mass is 10.2. The van der Waals surface area contributed by atoms with Crippen LogP contribution < -0.4 is 0 Å². The Labute approximate surface area is 127 Å². The molecule has 0 radical (unpaired) electrons. The fraction of sp³-hybridized carbons (Fsp3) is 0.250. The van der Waals surface area contributed by atoms with Crippen molar-refractivity contribution in [1.29, 1.82) is 0 Å². The number of fused-ring (bicyclic) bond motifs is 1. The highest BCUT2D eigenvalue weighted by atomic mass is 127. The van der Waals surface area contributed by atoms with Crippen molar-refractivity contribution in [3.8, 4) is 11.3 Å². The van der Waals surface area contributed by atoms with Gasteiger partial charge in [-0.3, -0.25) is 8.65 Å². The fourth-order valence-electron chi connectivity index (χ4n) is 2.14. The minimum atomic E-state index is 0.873. The fourth-order valence-corrected chi connectivity index (χ4v) is 3.44. The maximum Gasteiger partial charge on any atom is 0.169 e. The number of halogens is 1. The van der Waals surface area contributed by atoms with E-state index in [2.05, 4.69) is 44.4 Å². The van der Waals surface area contributed by atoms with Crippen molar-refractivity contribution in [3.05, 3.63) is 29.8 Å². The van der Waals surface area contributed by atoms with Crippen molar-refractivity contribution < 1.29 is 0 Å². The molecule has 0 aromatic carbocycles. The molecule has 0 N–H and O–H groups in total. The molecule has 0 fully saturated rings. The van der Waals surface area contributed by atoms with Gasteiger partial charge in [0, 0.05) is 55.3 Å². The molecule has 0 unspecified atom stereocenters. The second-order valence-electron chi connectivity index (χ2n) is 4.44.